The summed E-state index contributed by atoms with van der Waals surface area (Å²) in [4.78, 5) is 1.91. The molecular formula is C12H19FN2O. The minimum atomic E-state index is -0.429. The van der Waals surface area contributed by atoms with Crippen LogP contribution >= 0.6 is 0 Å². The molecule has 16 heavy (non-hydrogen) atoms. The molecule has 0 fully saturated rings. The molecule has 1 unspecified atom stereocenters. The number of halogens is 1. The Morgan fingerprint density at radius 1 is 1.38 bits per heavy atom. The summed E-state index contributed by atoms with van der Waals surface area (Å²) in [6, 6.07) is 6.64. The molecule has 0 aromatic heterocycles. The Labute approximate surface area is 95.9 Å². The number of hydrogen-bond acceptors (Lipinski definition) is 3. The Morgan fingerprint density at radius 2 is 2.06 bits per heavy atom. The van der Waals surface area contributed by atoms with Crippen molar-refractivity contribution >= 4 is 0 Å². The number of nitrogens with zero attached hydrogens (tertiary/aromatic N) is 1. The zero-order valence-corrected chi connectivity index (χ0v) is 9.78. The average molecular weight is 226 g/mol. The predicted octanol–water partition coefficient (Wildman–Crippen LogP) is 0.838. The first kappa shape index (κ1) is 13.1. The topological polar surface area (TPSA) is 35.5 Å². The van der Waals surface area contributed by atoms with Gasteiger partial charge in [0.15, 0.2) is 0 Å². The fourth-order valence-corrected chi connectivity index (χ4v) is 1.50. The van der Waals surface area contributed by atoms with Gasteiger partial charge in [-0.2, -0.15) is 0 Å². The number of aliphatic hydroxyl groups excluding tert-OH is 1. The maximum atomic E-state index is 13.2. The summed E-state index contributed by atoms with van der Waals surface area (Å²) in [6.07, 6.45) is -0.429. The van der Waals surface area contributed by atoms with Gasteiger partial charge in [0.1, 0.15) is 5.82 Å². The summed E-state index contributed by atoms with van der Waals surface area (Å²) in [6.45, 7) is 1.51. The van der Waals surface area contributed by atoms with Crippen LogP contribution in [0, 0.1) is 5.82 Å². The lowest BCUT2D eigenvalue weighted by Crippen LogP contribution is -2.34. The highest BCUT2D eigenvalue weighted by molar-refractivity contribution is 5.16. The maximum Gasteiger partial charge on any atom is 0.127 e. The second kappa shape index (κ2) is 6.58. The summed E-state index contributed by atoms with van der Waals surface area (Å²) in [5.74, 6) is -0.211. The molecule has 0 amide bonds. The van der Waals surface area contributed by atoms with Gasteiger partial charge in [-0.3, -0.25) is 0 Å². The predicted molar refractivity (Wildman–Crippen MR) is 62.7 cm³/mol. The summed E-state index contributed by atoms with van der Waals surface area (Å²) in [7, 11) is 3.81. The first-order valence-corrected chi connectivity index (χ1v) is 5.36. The van der Waals surface area contributed by atoms with Crippen LogP contribution < -0.4 is 5.32 Å². The van der Waals surface area contributed by atoms with Crippen LogP contribution in [0.25, 0.3) is 0 Å². The van der Waals surface area contributed by atoms with E-state index < -0.39 is 6.10 Å². The lowest BCUT2D eigenvalue weighted by molar-refractivity contribution is 0.134. The van der Waals surface area contributed by atoms with Crippen molar-refractivity contribution in [3.63, 3.8) is 0 Å². The van der Waals surface area contributed by atoms with Gasteiger partial charge in [0.2, 0.25) is 0 Å². The van der Waals surface area contributed by atoms with Crippen molar-refractivity contribution in [3.05, 3.63) is 35.6 Å². The standard InChI is InChI=1S/C12H19FN2O/c1-15(2)9-11(16)8-14-7-10-5-3-4-6-12(10)13/h3-6,11,14,16H,7-9H2,1-2H3. The quantitative estimate of drug-likeness (QED) is 0.754. The van der Waals surface area contributed by atoms with Crippen molar-refractivity contribution in [1.29, 1.82) is 0 Å². The molecule has 1 aromatic rings. The minimum Gasteiger partial charge on any atom is -0.390 e. The van der Waals surface area contributed by atoms with E-state index in [-0.39, 0.29) is 5.82 Å². The Balaban J connectivity index is 2.28. The number of likely N-dealkylation sites (N-methyl/N-ethyl adjacent to an activating group) is 1. The second-order valence-electron chi connectivity index (χ2n) is 4.14. The number of nitrogens with one attached hydrogen (secondary N) is 1. The third-order valence-electron chi connectivity index (χ3n) is 2.23. The largest absolute Gasteiger partial charge is 0.390 e. The van der Waals surface area contributed by atoms with Gasteiger partial charge in [-0.15, -0.1) is 0 Å². The van der Waals surface area contributed by atoms with Crippen molar-refractivity contribution in [2.24, 2.45) is 0 Å². The fraction of sp³-hybridized carbons (Fsp3) is 0.500. The molecule has 0 aliphatic carbocycles. The Morgan fingerprint density at radius 3 is 2.69 bits per heavy atom. The third-order valence-corrected chi connectivity index (χ3v) is 2.23. The molecule has 1 rings (SSSR count). The molecule has 4 heteroatoms. The molecule has 0 aliphatic heterocycles. The van der Waals surface area contributed by atoms with Crippen molar-refractivity contribution in [3.8, 4) is 0 Å². The molecular weight excluding hydrogens is 207 g/mol. The number of hydrogen-bond donors (Lipinski definition) is 2. The molecule has 0 aliphatic rings. The lowest BCUT2D eigenvalue weighted by atomic mass is 10.2. The SMILES string of the molecule is CN(C)CC(O)CNCc1ccccc1F. The molecule has 1 atom stereocenters. The van der Waals surface area contributed by atoms with Crippen molar-refractivity contribution in [2.75, 3.05) is 27.2 Å². The molecule has 1 aromatic carbocycles. The fourth-order valence-electron chi connectivity index (χ4n) is 1.50. The van der Waals surface area contributed by atoms with Crippen molar-refractivity contribution in [1.82, 2.24) is 10.2 Å². The van der Waals surface area contributed by atoms with Crippen LogP contribution in [-0.2, 0) is 6.54 Å². The summed E-state index contributed by atoms with van der Waals surface area (Å²) in [5.41, 5.74) is 0.625. The van der Waals surface area contributed by atoms with Crippen LogP contribution in [-0.4, -0.2) is 43.3 Å². The molecule has 0 saturated heterocycles. The first-order valence-electron chi connectivity index (χ1n) is 5.36. The second-order valence-corrected chi connectivity index (χ2v) is 4.14. The van der Waals surface area contributed by atoms with E-state index in [0.717, 1.165) is 0 Å². The average Bonchev–Trinajstić information content (AvgIpc) is 2.19. The zero-order chi connectivity index (χ0) is 12.0. The van der Waals surface area contributed by atoms with E-state index in [9.17, 15) is 9.50 Å². The smallest absolute Gasteiger partial charge is 0.127 e. The molecule has 2 N–H and O–H groups in total. The van der Waals surface area contributed by atoms with Gasteiger partial charge in [0.25, 0.3) is 0 Å². The number of rotatable bonds is 6. The van der Waals surface area contributed by atoms with Crippen LogP contribution in [0.2, 0.25) is 0 Å². The Bertz CT molecular complexity index is 318. The van der Waals surface area contributed by atoms with Crippen molar-refractivity contribution < 1.29 is 9.50 Å². The molecule has 3 nitrogen and oxygen atoms in total. The van der Waals surface area contributed by atoms with Crippen LogP contribution in [0.3, 0.4) is 0 Å². The number of aliphatic hydroxyl groups is 1. The van der Waals surface area contributed by atoms with Gasteiger partial charge in [-0.25, -0.2) is 4.39 Å². The van der Waals surface area contributed by atoms with Gasteiger partial charge < -0.3 is 15.3 Å². The van der Waals surface area contributed by atoms with E-state index in [0.29, 0.717) is 25.2 Å². The highest BCUT2D eigenvalue weighted by Gasteiger charge is 2.05. The van der Waals surface area contributed by atoms with E-state index in [2.05, 4.69) is 5.32 Å². The monoisotopic (exact) mass is 226 g/mol. The summed E-state index contributed by atoms with van der Waals surface area (Å²) < 4.78 is 13.2. The van der Waals surface area contributed by atoms with Gasteiger partial charge in [-0.05, 0) is 20.2 Å². The van der Waals surface area contributed by atoms with Crippen molar-refractivity contribution in [2.45, 2.75) is 12.6 Å². The molecule has 90 valence electrons. The molecule has 0 heterocycles. The van der Waals surface area contributed by atoms with E-state index in [1.807, 2.05) is 19.0 Å². The van der Waals surface area contributed by atoms with Crippen LogP contribution in [0.5, 0.6) is 0 Å². The van der Waals surface area contributed by atoms with Gasteiger partial charge >= 0.3 is 0 Å². The van der Waals surface area contributed by atoms with E-state index >= 15 is 0 Å². The van der Waals surface area contributed by atoms with Crippen LogP contribution in [0.4, 0.5) is 4.39 Å². The Hall–Kier alpha value is -0.970. The lowest BCUT2D eigenvalue weighted by Gasteiger charge is -2.16. The first-order chi connectivity index (χ1) is 7.59. The highest BCUT2D eigenvalue weighted by Crippen LogP contribution is 2.05. The molecule has 0 bridgehead atoms. The molecule has 0 radical (unpaired) electrons. The zero-order valence-electron chi connectivity index (χ0n) is 9.78. The summed E-state index contributed by atoms with van der Waals surface area (Å²) >= 11 is 0. The van der Waals surface area contributed by atoms with Gasteiger partial charge in [-0.1, -0.05) is 18.2 Å². The highest BCUT2D eigenvalue weighted by atomic mass is 19.1. The normalized spacial score (nSPS) is 13.1. The minimum absolute atomic E-state index is 0.211. The Kier molecular flexibility index (Phi) is 5.38. The maximum absolute atomic E-state index is 13.2. The van der Waals surface area contributed by atoms with E-state index in [1.54, 1.807) is 18.2 Å². The number of benzene rings is 1. The molecule has 0 spiro atoms. The van der Waals surface area contributed by atoms with Gasteiger partial charge in [0.05, 0.1) is 6.10 Å². The van der Waals surface area contributed by atoms with Gasteiger partial charge in [0, 0.05) is 25.2 Å². The van der Waals surface area contributed by atoms with E-state index in [1.165, 1.54) is 6.07 Å². The van der Waals surface area contributed by atoms with Crippen LogP contribution in [0.1, 0.15) is 5.56 Å². The third kappa shape index (κ3) is 4.70. The molecule has 0 saturated carbocycles. The van der Waals surface area contributed by atoms with E-state index in [4.69, 9.17) is 0 Å². The summed E-state index contributed by atoms with van der Waals surface area (Å²) in [5, 5.41) is 12.6. The van der Waals surface area contributed by atoms with Crippen LogP contribution in [0.15, 0.2) is 24.3 Å².